The van der Waals surface area contributed by atoms with Crippen molar-refractivity contribution in [3.8, 4) is 5.75 Å². The van der Waals surface area contributed by atoms with Crippen molar-refractivity contribution in [1.82, 2.24) is 4.90 Å². The number of imide groups is 1. The lowest BCUT2D eigenvalue weighted by atomic mass is 9.91. The molecule has 174 valence electrons. The maximum absolute atomic E-state index is 13.8. The minimum atomic E-state index is -0.277. The van der Waals surface area contributed by atoms with E-state index in [1.165, 1.54) is 4.90 Å². The van der Waals surface area contributed by atoms with Gasteiger partial charge in [-0.2, -0.15) is 0 Å². The first-order valence-corrected chi connectivity index (χ1v) is 11.7. The summed E-state index contributed by atoms with van der Waals surface area (Å²) in [6.07, 6.45) is 1.12. The van der Waals surface area contributed by atoms with Crippen LogP contribution >= 0.6 is 0 Å². The van der Waals surface area contributed by atoms with Gasteiger partial charge < -0.3 is 14.5 Å². The number of piperidine rings is 1. The van der Waals surface area contributed by atoms with Gasteiger partial charge in [0.2, 0.25) is 0 Å². The fourth-order valence-corrected chi connectivity index (χ4v) is 4.95. The van der Waals surface area contributed by atoms with Gasteiger partial charge >= 0.3 is 0 Å². The SMILES string of the molecule is CCOc1ccc(C2=C(N3CC(C)CC(C)C3)C(=O)N(c3cccc(N(C)C)c3)C2=O)cc1. The summed E-state index contributed by atoms with van der Waals surface area (Å²) in [6, 6.07) is 15.0. The smallest absolute Gasteiger partial charge is 0.282 e. The largest absolute Gasteiger partial charge is 0.494 e. The lowest BCUT2D eigenvalue weighted by Gasteiger charge is -2.37. The molecule has 1 saturated heterocycles. The molecule has 2 aliphatic rings. The molecule has 33 heavy (non-hydrogen) atoms. The van der Waals surface area contributed by atoms with Crippen LogP contribution in [0.3, 0.4) is 0 Å². The summed E-state index contributed by atoms with van der Waals surface area (Å²) in [6.45, 7) is 8.46. The summed E-state index contributed by atoms with van der Waals surface area (Å²) in [4.78, 5) is 33.1. The van der Waals surface area contributed by atoms with Crippen molar-refractivity contribution in [1.29, 1.82) is 0 Å². The van der Waals surface area contributed by atoms with E-state index in [1.54, 1.807) is 0 Å². The lowest BCUT2D eigenvalue weighted by molar-refractivity contribution is -0.120. The second-order valence-corrected chi connectivity index (χ2v) is 9.39. The van der Waals surface area contributed by atoms with Crippen LogP contribution in [-0.2, 0) is 9.59 Å². The maximum Gasteiger partial charge on any atom is 0.282 e. The molecule has 0 spiro atoms. The van der Waals surface area contributed by atoms with Crippen molar-refractivity contribution in [3.05, 3.63) is 59.8 Å². The molecule has 2 atom stereocenters. The quantitative estimate of drug-likeness (QED) is 0.614. The number of hydrogen-bond donors (Lipinski definition) is 0. The minimum Gasteiger partial charge on any atom is -0.494 e. The normalized spacial score (nSPS) is 21.1. The van der Waals surface area contributed by atoms with Crippen molar-refractivity contribution in [2.45, 2.75) is 27.2 Å². The third-order valence-electron chi connectivity index (χ3n) is 6.30. The predicted molar refractivity (Wildman–Crippen MR) is 132 cm³/mol. The highest BCUT2D eigenvalue weighted by atomic mass is 16.5. The molecule has 4 rings (SSSR count). The molecule has 2 aromatic carbocycles. The third-order valence-corrected chi connectivity index (χ3v) is 6.30. The van der Waals surface area contributed by atoms with Gasteiger partial charge in [-0.1, -0.05) is 32.0 Å². The molecule has 0 N–H and O–H groups in total. The van der Waals surface area contributed by atoms with Crippen LogP contribution < -0.4 is 14.5 Å². The first-order valence-electron chi connectivity index (χ1n) is 11.7. The third kappa shape index (κ3) is 4.47. The van der Waals surface area contributed by atoms with Gasteiger partial charge in [0.1, 0.15) is 11.4 Å². The molecule has 0 radical (unpaired) electrons. The first kappa shape index (κ1) is 22.9. The van der Waals surface area contributed by atoms with Crippen LogP contribution in [0.15, 0.2) is 54.2 Å². The highest BCUT2D eigenvalue weighted by Gasteiger charge is 2.43. The summed E-state index contributed by atoms with van der Waals surface area (Å²) in [7, 11) is 3.89. The standard InChI is InChI=1S/C27H33N3O3/c1-6-33-23-12-10-20(11-13-23)24-25(29-16-18(2)14-19(3)17-29)27(32)30(26(24)31)22-9-7-8-21(15-22)28(4)5/h7-13,15,18-19H,6,14,16-17H2,1-5H3. The number of rotatable bonds is 6. The Balaban J connectivity index is 1.80. The fourth-order valence-electron chi connectivity index (χ4n) is 4.95. The second-order valence-electron chi connectivity index (χ2n) is 9.39. The van der Waals surface area contributed by atoms with E-state index < -0.39 is 0 Å². The fraction of sp³-hybridized carbons (Fsp3) is 0.407. The van der Waals surface area contributed by atoms with Crippen LogP contribution in [0.4, 0.5) is 11.4 Å². The Bertz CT molecular complexity index is 1060. The van der Waals surface area contributed by atoms with Crippen molar-refractivity contribution in [2.75, 3.05) is 43.6 Å². The Morgan fingerprint density at radius 2 is 1.64 bits per heavy atom. The zero-order valence-corrected chi connectivity index (χ0v) is 20.2. The molecular formula is C27H33N3O3. The van der Waals surface area contributed by atoms with Gasteiger partial charge in [-0.05, 0) is 61.1 Å². The van der Waals surface area contributed by atoms with Crippen molar-refractivity contribution in [3.63, 3.8) is 0 Å². The van der Waals surface area contributed by atoms with E-state index in [4.69, 9.17) is 4.74 Å². The molecule has 6 nitrogen and oxygen atoms in total. The van der Waals surface area contributed by atoms with Crippen molar-refractivity contribution < 1.29 is 14.3 Å². The number of amides is 2. The van der Waals surface area contributed by atoms with Gasteiger partial charge in [0.15, 0.2) is 0 Å². The number of ether oxygens (including phenoxy) is 1. The van der Waals surface area contributed by atoms with Crippen molar-refractivity contribution in [2.24, 2.45) is 11.8 Å². The number of carbonyl (C=O) groups is 2. The van der Waals surface area contributed by atoms with E-state index in [-0.39, 0.29) is 11.8 Å². The topological polar surface area (TPSA) is 53.1 Å². The summed E-state index contributed by atoms with van der Waals surface area (Å²) in [5.74, 6) is 1.13. The highest BCUT2D eigenvalue weighted by Crippen LogP contribution is 2.38. The summed E-state index contributed by atoms with van der Waals surface area (Å²) in [5.41, 5.74) is 3.25. The van der Waals surface area contributed by atoms with E-state index in [2.05, 4.69) is 18.7 Å². The molecule has 2 amide bonds. The number of nitrogens with zero attached hydrogens (tertiary/aromatic N) is 3. The van der Waals surface area contributed by atoms with Crippen LogP contribution in [0, 0.1) is 11.8 Å². The van der Waals surface area contributed by atoms with Crippen LogP contribution in [0.1, 0.15) is 32.8 Å². The average Bonchev–Trinajstić information content (AvgIpc) is 3.04. The molecule has 0 aliphatic carbocycles. The Morgan fingerprint density at radius 3 is 2.24 bits per heavy atom. The lowest BCUT2D eigenvalue weighted by Crippen LogP contribution is -2.42. The van der Waals surface area contributed by atoms with Gasteiger partial charge in [0.25, 0.3) is 11.8 Å². The average molecular weight is 448 g/mol. The van der Waals surface area contributed by atoms with E-state index in [9.17, 15) is 9.59 Å². The van der Waals surface area contributed by atoms with E-state index in [1.807, 2.05) is 74.4 Å². The number of benzene rings is 2. The van der Waals surface area contributed by atoms with Gasteiger partial charge in [0, 0.05) is 32.9 Å². The minimum absolute atomic E-state index is 0.249. The van der Waals surface area contributed by atoms with Crippen LogP contribution in [0.5, 0.6) is 5.75 Å². The number of anilines is 2. The monoisotopic (exact) mass is 447 g/mol. The Labute approximate surface area is 196 Å². The van der Waals surface area contributed by atoms with Crippen LogP contribution in [0.2, 0.25) is 0 Å². The van der Waals surface area contributed by atoms with Gasteiger partial charge in [-0.3, -0.25) is 9.59 Å². The Kier molecular flexibility index (Phi) is 6.45. The first-order chi connectivity index (χ1) is 15.8. The zero-order valence-electron chi connectivity index (χ0n) is 20.2. The highest BCUT2D eigenvalue weighted by molar-refractivity contribution is 6.45. The van der Waals surface area contributed by atoms with Gasteiger partial charge in [0.05, 0.1) is 17.9 Å². The van der Waals surface area contributed by atoms with E-state index >= 15 is 0 Å². The van der Waals surface area contributed by atoms with E-state index in [0.29, 0.717) is 35.4 Å². The number of hydrogen-bond acceptors (Lipinski definition) is 5. The number of carbonyl (C=O) groups excluding carboxylic acids is 2. The summed E-state index contributed by atoms with van der Waals surface area (Å²) in [5, 5.41) is 0. The van der Waals surface area contributed by atoms with Crippen LogP contribution in [-0.4, -0.2) is 50.5 Å². The predicted octanol–water partition coefficient (Wildman–Crippen LogP) is 4.41. The molecule has 0 aromatic heterocycles. The van der Waals surface area contributed by atoms with E-state index in [0.717, 1.165) is 36.5 Å². The Hall–Kier alpha value is -3.28. The van der Waals surface area contributed by atoms with Crippen molar-refractivity contribution >= 4 is 28.8 Å². The maximum atomic E-state index is 13.8. The number of likely N-dealkylation sites (tertiary alicyclic amines) is 1. The zero-order chi connectivity index (χ0) is 23.7. The molecule has 2 aromatic rings. The molecule has 6 heteroatoms. The van der Waals surface area contributed by atoms with Crippen LogP contribution in [0.25, 0.3) is 5.57 Å². The molecule has 1 fully saturated rings. The molecule has 2 heterocycles. The van der Waals surface area contributed by atoms with Gasteiger partial charge in [-0.15, -0.1) is 0 Å². The molecule has 0 bridgehead atoms. The molecule has 0 saturated carbocycles. The summed E-state index contributed by atoms with van der Waals surface area (Å²) < 4.78 is 5.58. The molecular weight excluding hydrogens is 414 g/mol. The Morgan fingerprint density at radius 1 is 0.970 bits per heavy atom. The second kappa shape index (κ2) is 9.30. The molecule has 2 aliphatic heterocycles. The molecule has 2 unspecified atom stereocenters. The van der Waals surface area contributed by atoms with Gasteiger partial charge in [-0.25, -0.2) is 4.90 Å². The summed E-state index contributed by atoms with van der Waals surface area (Å²) >= 11 is 0.